The van der Waals surface area contributed by atoms with Crippen LogP contribution in [0.4, 0.5) is 0 Å². The van der Waals surface area contributed by atoms with E-state index in [2.05, 4.69) is 0 Å². The highest BCUT2D eigenvalue weighted by atomic mass is 32.2. The van der Waals surface area contributed by atoms with Gasteiger partial charge in [0, 0.05) is 5.56 Å². The molecule has 114 valence electrons. The molecule has 0 aliphatic carbocycles. The van der Waals surface area contributed by atoms with Gasteiger partial charge in [0.2, 0.25) is 5.91 Å². The first kappa shape index (κ1) is 14.5. The summed E-state index contributed by atoms with van der Waals surface area (Å²) in [7, 11) is -3.53. The van der Waals surface area contributed by atoms with Crippen molar-refractivity contribution in [1.29, 1.82) is 0 Å². The predicted molar refractivity (Wildman–Crippen MR) is 74.7 cm³/mol. The highest BCUT2D eigenvalue weighted by molar-refractivity contribution is 7.85. The van der Waals surface area contributed by atoms with Gasteiger partial charge in [-0.3, -0.25) is 8.98 Å². The zero-order chi connectivity index (χ0) is 15.0. The van der Waals surface area contributed by atoms with Gasteiger partial charge >= 0.3 is 0 Å². The van der Waals surface area contributed by atoms with Gasteiger partial charge < -0.3 is 9.64 Å². The third-order valence-corrected chi connectivity index (χ3v) is 4.39. The zero-order valence-corrected chi connectivity index (χ0v) is 12.5. The van der Waals surface area contributed by atoms with Crippen LogP contribution in [0.3, 0.4) is 0 Å². The lowest BCUT2D eigenvalue weighted by molar-refractivity contribution is -0.138. The highest BCUT2D eigenvalue weighted by Crippen LogP contribution is 2.39. The molecule has 0 N–H and O–H groups in total. The average Bonchev–Trinajstić information content (AvgIpc) is 2.98. The van der Waals surface area contributed by atoms with Gasteiger partial charge in [0.15, 0.2) is 6.23 Å². The molecule has 1 aromatic carbocycles. The largest absolute Gasteiger partial charge is 0.352 e. The summed E-state index contributed by atoms with van der Waals surface area (Å²) in [4.78, 5) is 14.2. The van der Waals surface area contributed by atoms with E-state index in [-0.39, 0.29) is 24.8 Å². The van der Waals surface area contributed by atoms with Crippen molar-refractivity contribution in [2.24, 2.45) is 5.92 Å². The lowest BCUT2D eigenvalue weighted by atomic mass is 10.1. The molecule has 2 aliphatic rings. The van der Waals surface area contributed by atoms with E-state index in [1.165, 1.54) is 0 Å². The normalized spacial score (nSPS) is 28.9. The molecule has 1 aromatic rings. The van der Waals surface area contributed by atoms with Gasteiger partial charge in [0.1, 0.15) is 0 Å². The van der Waals surface area contributed by atoms with Crippen LogP contribution in [-0.4, -0.2) is 44.7 Å². The maximum absolute atomic E-state index is 12.5. The molecule has 3 rings (SSSR count). The standard InChI is InChI=1S/C14H17NO5S/c1-21(17,18)20-8-11-7-12-9-19-14(15(12)13(11)16)10-5-3-2-4-6-10/h2-6,11-12,14H,7-9H2,1H3/t11?,12-,14+/m0/s1. The van der Waals surface area contributed by atoms with Crippen LogP contribution < -0.4 is 0 Å². The fourth-order valence-electron chi connectivity index (χ4n) is 2.89. The molecule has 0 saturated carbocycles. The van der Waals surface area contributed by atoms with E-state index in [0.29, 0.717) is 13.0 Å². The topological polar surface area (TPSA) is 72.9 Å². The minimum Gasteiger partial charge on any atom is -0.352 e. The van der Waals surface area contributed by atoms with Crippen molar-refractivity contribution < 1.29 is 22.1 Å². The molecule has 3 atom stereocenters. The maximum atomic E-state index is 12.5. The minimum absolute atomic E-state index is 0.00383. The molecule has 7 heteroatoms. The summed E-state index contributed by atoms with van der Waals surface area (Å²) in [6.07, 6.45) is 1.17. The summed E-state index contributed by atoms with van der Waals surface area (Å²) in [6, 6.07) is 9.54. The number of amides is 1. The van der Waals surface area contributed by atoms with E-state index < -0.39 is 16.0 Å². The van der Waals surface area contributed by atoms with Gasteiger partial charge in [-0.25, -0.2) is 0 Å². The molecule has 2 heterocycles. The van der Waals surface area contributed by atoms with Crippen LogP contribution >= 0.6 is 0 Å². The van der Waals surface area contributed by atoms with Crippen molar-refractivity contribution in [2.45, 2.75) is 18.7 Å². The second-order valence-electron chi connectivity index (χ2n) is 5.42. The number of carbonyl (C=O) groups excluding carboxylic acids is 1. The van der Waals surface area contributed by atoms with Gasteiger partial charge in [0.05, 0.1) is 31.4 Å². The molecule has 2 aliphatic heterocycles. The highest BCUT2D eigenvalue weighted by Gasteiger charge is 2.48. The monoisotopic (exact) mass is 311 g/mol. The van der Waals surface area contributed by atoms with E-state index in [1.54, 1.807) is 4.90 Å². The quantitative estimate of drug-likeness (QED) is 0.773. The Morgan fingerprint density at radius 3 is 2.71 bits per heavy atom. The van der Waals surface area contributed by atoms with Crippen molar-refractivity contribution in [2.75, 3.05) is 19.5 Å². The van der Waals surface area contributed by atoms with Gasteiger partial charge in [-0.2, -0.15) is 8.42 Å². The number of ether oxygens (including phenoxy) is 1. The summed E-state index contributed by atoms with van der Waals surface area (Å²) >= 11 is 0. The van der Waals surface area contributed by atoms with Crippen molar-refractivity contribution in [3.63, 3.8) is 0 Å². The fourth-order valence-corrected chi connectivity index (χ4v) is 3.30. The van der Waals surface area contributed by atoms with E-state index >= 15 is 0 Å². The lowest BCUT2D eigenvalue weighted by Gasteiger charge is -2.23. The van der Waals surface area contributed by atoms with Crippen LogP contribution in [0.15, 0.2) is 30.3 Å². The fraction of sp³-hybridized carbons (Fsp3) is 0.500. The van der Waals surface area contributed by atoms with Crippen LogP contribution in [-0.2, 0) is 23.8 Å². The Kier molecular flexibility index (Phi) is 3.73. The van der Waals surface area contributed by atoms with Gasteiger partial charge in [0.25, 0.3) is 10.1 Å². The first-order valence-corrected chi connectivity index (χ1v) is 8.60. The maximum Gasteiger partial charge on any atom is 0.264 e. The number of benzene rings is 1. The Balaban J connectivity index is 1.73. The number of fused-ring (bicyclic) bond motifs is 1. The van der Waals surface area contributed by atoms with E-state index in [1.807, 2.05) is 30.3 Å². The molecule has 0 radical (unpaired) electrons. The SMILES string of the molecule is CS(=O)(=O)OCC1C[C@H]2CO[C@H](c3ccccc3)N2C1=O. The van der Waals surface area contributed by atoms with Crippen LogP contribution in [0.25, 0.3) is 0 Å². The number of hydrogen-bond donors (Lipinski definition) is 0. The molecule has 6 nitrogen and oxygen atoms in total. The Labute approximate surface area is 123 Å². The summed E-state index contributed by atoms with van der Waals surface area (Å²) in [6.45, 7) is 0.382. The lowest BCUT2D eigenvalue weighted by Crippen LogP contribution is -2.33. The summed E-state index contributed by atoms with van der Waals surface area (Å²) in [5.74, 6) is -0.519. The van der Waals surface area contributed by atoms with Crippen LogP contribution in [0.2, 0.25) is 0 Å². The Morgan fingerprint density at radius 2 is 2.05 bits per heavy atom. The number of carbonyl (C=O) groups is 1. The number of hydrogen-bond acceptors (Lipinski definition) is 5. The van der Waals surface area contributed by atoms with Crippen molar-refractivity contribution in [3.05, 3.63) is 35.9 Å². The van der Waals surface area contributed by atoms with Crippen molar-refractivity contribution >= 4 is 16.0 Å². The van der Waals surface area contributed by atoms with Crippen molar-refractivity contribution in [1.82, 2.24) is 4.90 Å². The Morgan fingerprint density at radius 1 is 1.33 bits per heavy atom. The molecule has 0 spiro atoms. The number of nitrogens with zero attached hydrogens (tertiary/aromatic N) is 1. The van der Waals surface area contributed by atoms with Gasteiger partial charge in [-0.1, -0.05) is 30.3 Å². The summed E-state index contributed by atoms with van der Waals surface area (Å²) < 4.78 is 32.6. The molecule has 1 amide bonds. The van der Waals surface area contributed by atoms with E-state index in [0.717, 1.165) is 11.8 Å². The van der Waals surface area contributed by atoms with Crippen LogP contribution in [0.1, 0.15) is 18.2 Å². The zero-order valence-electron chi connectivity index (χ0n) is 11.6. The first-order valence-electron chi connectivity index (χ1n) is 6.79. The van der Waals surface area contributed by atoms with Crippen LogP contribution in [0, 0.1) is 5.92 Å². The molecule has 21 heavy (non-hydrogen) atoms. The first-order chi connectivity index (χ1) is 9.96. The molecular formula is C14H17NO5S. The molecule has 0 aromatic heterocycles. The van der Waals surface area contributed by atoms with Crippen LogP contribution in [0.5, 0.6) is 0 Å². The van der Waals surface area contributed by atoms with E-state index in [9.17, 15) is 13.2 Å². The van der Waals surface area contributed by atoms with Crippen molar-refractivity contribution in [3.8, 4) is 0 Å². The minimum atomic E-state index is -3.53. The predicted octanol–water partition coefficient (Wildman–Crippen LogP) is 0.909. The molecular weight excluding hydrogens is 294 g/mol. The smallest absolute Gasteiger partial charge is 0.264 e. The Hall–Kier alpha value is -1.44. The second kappa shape index (κ2) is 5.40. The summed E-state index contributed by atoms with van der Waals surface area (Å²) in [5.41, 5.74) is 0.929. The van der Waals surface area contributed by atoms with Gasteiger partial charge in [-0.05, 0) is 6.42 Å². The van der Waals surface area contributed by atoms with Gasteiger partial charge in [-0.15, -0.1) is 0 Å². The number of rotatable bonds is 4. The molecule has 2 fully saturated rings. The third-order valence-electron chi connectivity index (χ3n) is 3.82. The van der Waals surface area contributed by atoms with E-state index in [4.69, 9.17) is 8.92 Å². The molecule has 2 saturated heterocycles. The second-order valence-corrected chi connectivity index (χ2v) is 7.06. The molecule has 1 unspecified atom stereocenters. The average molecular weight is 311 g/mol. The Bertz CT molecular complexity index is 630. The molecule has 0 bridgehead atoms. The third kappa shape index (κ3) is 2.95. The summed E-state index contributed by atoms with van der Waals surface area (Å²) in [5, 5.41) is 0.